The van der Waals surface area contributed by atoms with E-state index in [9.17, 15) is 14.4 Å². The van der Waals surface area contributed by atoms with E-state index in [-0.39, 0.29) is 5.91 Å². The van der Waals surface area contributed by atoms with Crippen LogP contribution in [0.1, 0.15) is 20.8 Å². The predicted molar refractivity (Wildman–Crippen MR) is 71.3 cm³/mol. The van der Waals surface area contributed by atoms with E-state index >= 15 is 0 Å². The van der Waals surface area contributed by atoms with Crippen molar-refractivity contribution in [2.75, 3.05) is 12.0 Å². The molecule has 0 aliphatic heterocycles. The van der Waals surface area contributed by atoms with E-state index in [2.05, 4.69) is 0 Å². The third-order valence-corrected chi connectivity index (χ3v) is 2.80. The summed E-state index contributed by atoms with van der Waals surface area (Å²) in [6.07, 6.45) is 0. The molecule has 0 aliphatic carbocycles. The highest BCUT2D eigenvalue weighted by molar-refractivity contribution is 6.39. The molecule has 102 valence electrons. The van der Waals surface area contributed by atoms with Gasteiger partial charge in [0.05, 0.1) is 7.11 Å². The van der Waals surface area contributed by atoms with Gasteiger partial charge < -0.3 is 9.64 Å². The molecule has 1 rings (SSSR count). The Bertz CT molecular complexity index is 493. The lowest BCUT2D eigenvalue weighted by Crippen LogP contribution is -2.44. The highest BCUT2D eigenvalue weighted by Gasteiger charge is 2.27. The van der Waals surface area contributed by atoms with Crippen molar-refractivity contribution in [1.29, 1.82) is 0 Å². The lowest BCUT2D eigenvalue weighted by molar-refractivity contribution is -0.136. The number of benzene rings is 1. The lowest BCUT2D eigenvalue weighted by atomic mass is 10.1. The van der Waals surface area contributed by atoms with Gasteiger partial charge in [-0.1, -0.05) is 0 Å². The van der Waals surface area contributed by atoms with Crippen molar-refractivity contribution < 1.29 is 19.1 Å². The van der Waals surface area contributed by atoms with Crippen LogP contribution in [0.4, 0.5) is 5.69 Å². The zero-order chi connectivity index (χ0) is 14.6. The van der Waals surface area contributed by atoms with E-state index < -0.39 is 17.6 Å². The van der Waals surface area contributed by atoms with E-state index in [1.807, 2.05) is 0 Å². The van der Waals surface area contributed by atoms with Gasteiger partial charge in [-0.15, -0.1) is 0 Å². The van der Waals surface area contributed by atoms with Gasteiger partial charge in [0.15, 0.2) is 5.78 Å². The second kappa shape index (κ2) is 6.13. The molecule has 0 bridgehead atoms. The molecular formula is C14H17NO4. The molecule has 0 N–H and O–H groups in total. The summed E-state index contributed by atoms with van der Waals surface area (Å²) in [5, 5.41) is 0. The third kappa shape index (κ3) is 3.40. The van der Waals surface area contributed by atoms with Crippen LogP contribution in [0, 0.1) is 0 Å². The van der Waals surface area contributed by atoms with E-state index in [4.69, 9.17) is 4.74 Å². The molecule has 19 heavy (non-hydrogen) atoms. The van der Waals surface area contributed by atoms with Crippen LogP contribution in [0.25, 0.3) is 0 Å². The van der Waals surface area contributed by atoms with Crippen molar-refractivity contribution in [3.05, 3.63) is 24.3 Å². The maximum atomic E-state index is 11.7. The normalized spacial score (nSPS) is 11.6. The van der Waals surface area contributed by atoms with Gasteiger partial charge in [0.1, 0.15) is 11.8 Å². The molecule has 0 saturated heterocycles. The minimum atomic E-state index is -0.816. The van der Waals surface area contributed by atoms with Crippen LogP contribution in [-0.4, -0.2) is 30.6 Å². The van der Waals surface area contributed by atoms with Gasteiger partial charge in [-0.3, -0.25) is 14.4 Å². The number of Topliss-reactive ketones (excluding diaryl/α,β-unsaturated/α-hetero) is 2. The molecular weight excluding hydrogens is 246 g/mol. The Kier molecular flexibility index (Phi) is 4.80. The summed E-state index contributed by atoms with van der Waals surface area (Å²) in [4.78, 5) is 35.8. The van der Waals surface area contributed by atoms with Gasteiger partial charge in [-0.25, -0.2) is 0 Å². The van der Waals surface area contributed by atoms with E-state index in [1.54, 1.807) is 31.4 Å². The van der Waals surface area contributed by atoms with Crippen LogP contribution in [0.2, 0.25) is 0 Å². The van der Waals surface area contributed by atoms with Crippen LogP contribution in [0.5, 0.6) is 5.75 Å². The molecule has 1 aromatic rings. The van der Waals surface area contributed by atoms with Gasteiger partial charge in [0, 0.05) is 19.5 Å². The molecule has 0 heterocycles. The van der Waals surface area contributed by atoms with Gasteiger partial charge in [0.25, 0.3) is 0 Å². The molecule has 0 aromatic heterocycles. The number of hydrogen-bond donors (Lipinski definition) is 0. The van der Waals surface area contributed by atoms with Crippen molar-refractivity contribution in [2.24, 2.45) is 0 Å². The first kappa shape index (κ1) is 14.9. The van der Waals surface area contributed by atoms with E-state index in [0.717, 1.165) is 0 Å². The Hall–Kier alpha value is -2.17. The molecule has 0 aliphatic rings. The zero-order valence-electron chi connectivity index (χ0n) is 11.5. The summed E-state index contributed by atoms with van der Waals surface area (Å²) < 4.78 is 5.03. The number of ether oxygens (including phenoxy) is 1. The predicted octanol–water partition coefficient (Wildman–Crippen LogP) is 1.59. The second-order valence-corrected chi connectivity index (χ2v) is 4.18. The summed E-state index contributed by atoms with van der Waals surface area (Å²) in [6.45, 7) is 4.09. The first-order valence-corrected chi connectivity index (χ1v) is 5.87. The summed E-state index contributed by atoms with van der Waals surface area (Å²) in [5.74, 6) is -0.802. The van der Waals surface area contributed by atoms with Gasteiger partial charge in [0.2, 0.25) is 11.7 Å². The first-order valence-electron chi connectivity index (χ1n) is 5.87. The minimum absolute atomic E-state index is 0.299. The second-order valence-electron chi connectivity index (χ2n) is 4.18. The monoisotopic (exact) mass is 263 g/mol. The maximum Gasteiger partial charge on any atom is 0.224 e. The number of ketones is 2. The Morgan fingerprint density at radius 3 is 2.00 bits per heavy atom. The highest BCUT2D eigenvalue weighted by atomic mass is 16.5. The van der Waals surface area contributed by atoms with Gasteiger partial charge in [-0.05, 0) is 31.2 Å². The van der Waals surface area contributed by atoms with Gasteiger partial charge >= 0.3 is 0 Å². The Morgan fingerprint density at radius 1 is 1.11 bits per heavy atom. The van der Waals surface area contributed by atoms with Crippen LogP contribution >= 0.6 is 0 Å². The molecule has 1 amide bonds. The molecule has 0 fully saturated rings. The van der Waals surface area contributed by atoms with Gasteiger partial charge in [-0.2, -0.15) is 0 Å². The third-order valence-electron chi connectivity index (χ3n) is 2.80. The number of carbonyl (C=O) groups excluding carboxylic acids is 3. The lowest BCUT2D eigenvalue weighted by Gasteiger charge is -2.26. The molecule has 0 saturated carbocycles. The molecule has 5 heteroatoms. The number of nitrogens with zero attached hydrogens (tertiary/aromatic N) is 1. The average Bonchev–Trinajstić information content (AvgIpc) is 2.38. The van der Waals surface area contributed by atoms with Crippen molar-refractivity contribution in [1.82, 2.24) is 0 Å². The number of carbonyl (C=O) groups is 3. The van der Waals surface area contributed by atoms with E-state index in [0.29, 0.717) is 11.4 Å². The van der Waals surface area contributed by atoms with Crippen molar-refractivity contribution in [3.8, 4) is 5.75 Å². The summed E-state index contributed by atoms with van der Waals surface area (Å²) in [7, 11) is 1.54. The first-order chi connectivity index (χ1) is 8.88. The number of amides is 1. The molecule has 1 atom stereocenters. The number of anilines is 1. The minimum Gasteiger partial charge on any atom is -0.497 e. The number of hydrogen-bond acceptors (Lipinski definition) is 4. The van der Waals surface area contributed by atoms with Crippen molar-refractivity contribution in [3.63, 3.8) is 0 Å². The topological polar surface area (TPSA) is 63.7 Å². The molecule has 0 radical (unpaired) electrons. The fourth-order valence-electron chi connectivity index (χ4n) is 1.83. The largest absolute Gasteiger partial charge is 0.497 e. The summed E-state index contributed by atoms with van der Waals surface area (Å²) in [5.41, 5.74) is 0.551. The SMILES string of the molecule is COc1ccc(N(C(C)=O)C(C)C(=O)C(C)=O)cc1. The standard InChI is InChI=1S/C14H17NO4/c1-9(14(18)10(2)16)15(11(3)17)12-5-7-13(19-4)8-6-12/h5-9H,1-4H3. The fraction of sp³-hybridized carbons (Fsp3) is 0.357. The summed E-state index contributed by atoms with van der Waals surface area (Å²) in [6, 6.07) is 5.91. The van der Waals surface area contributed by atoms with Crippen LogP contribution < -0.4 is 9.64 Å². The smallest absolute Gasteiger partial charge is 0.224 e. The zero-order valence-corrected chi connectivity index (χ0v) is 11.5. The molecule has 5 nitrogen and oxygen atoms in total. The highest BCUT2D eigenvalue weighted by Crippen LogP contribution is 2.21. The maximum absolute atomic E-state index is 11.7. The van der Waals surface area contributed by atoms with Crippen LogP contribution in [0.15, 0.2) is 24.3 Å². The quantitative estimate of drug-likeness (QED) is 0.757. The van der Waals surface area contributed by atoms with Crippen molar-refractivity contribution >= 4 is 23.2 Å². The van der Waals surface area contributed by atoms with Crippen LogP contribution in [-0.2, 0) is 14.4 Å². The number of rotatable bonds is 5. The van der Waals surface area contributed by atoms with Crippen LogP contribution in [0.3, 0.4) is 0 Å². The average molecular weight is 263 g/mol. The number of methoxy groups -OCH3 is 1. The Morgan fingerprint density at radius 2 is 1.63 bits per heavy atom. The van der Waals surface area contributed by atoms with E-state index in [1.165, 1.54) is 25.7 Å². The van der Waals surface area contributed by atoms with Crippen molar-refractivity contribution in [2.45, 2.75) is 26.8 Å². The fourth-order valence-corrected chi connectivity index (χ4v) is 1.83. The molecule has 1 unspecified atom stereocenters. The summed E-state index contributed by atoms with van der Waals surface area (Å²) >= 11 is 0. The Balaban J connectivity index is 3.09. The Labute approximate surface area is 112 Å². The molecule has 1 aromatic carbocycles. The molecule has 0 spiro atoms.